The zero-order chi connectivity index (χ0) is 12.4. The lowest BCUT2D eigenvalue weighted by Gasteiger charge is -2.14. The van der Waals surface area contributed by atoms with Gasteiger partial charge >= 0.3 is 0 Å². The molecule has 0 aliphatic heterocycles. The molecule has 0 bridgehead atoms. The van der Waals surface area contributed by atoms with Gasteiger partial charge in [0.05, 0.1) is 0 Å². The molecule has 1 aromatic carbocycles. The summed E-state index contributed by atoms with van der Waals surface area (Å²) in [7, 11) is 0. The van der Waals surface area contributed by atoms with Gasteiger partial charge in [-0.05, 0) is 43.0 Å². The zero-order valence-corrected chi connectivity index (χ0v) is 10.9. The molecule has 0 N–H and O–H groups in total. The van der Waals surface area contributed by atoms with E-state index in [-0.39, 0.29) is 0 Å². The third kappa shape index (κ3) is 2.36. The molecule has 1 aromatic heterocycles. The highest BCUT2D eigenvalue weighted by Crippen LogP contribution is 2.28. The third-order valence-corrected chi connectivity index (χ3v) is 3.02. The van der Waals surface area contributed by atoms with Gasteiger partial charge < -0.3 is 0 Å². The van der Waals surface area contributed by atoms with E-state index in [1.165, 1.54) is 16.7 Å². The molecular weight excluding hydrogens is 208 g/mol. The van der Waals surface area contributed by atoms with Crippen LogP contribution in [-0.4, -0.2) is 9.97 Å². The van der Waals surface area contributed by atoms with Crippen LogP contribution in [0, 0.1) is 13.8 Å². The normalized spacial score (nSPS) is 10.9. The van der Waals surface area contributed by atoms with E-state index in [9.17, 15) is 0 Å². The van der Waals surface area contributed by atoms with Gasteiger partial charge in [0, 0.05) is 18.0 Å². The lowest BCUT2D eigenvalue weighted by Crippen LogP contribution is -1.98. The Hall–Kier alpha value is -1.70. The summed E-state index contributed by atoms with van der Waals surface area (Å²) in [6.07, 6.45) is 3.58. The van der Waals surface area contributed by atoms with Crippen LogP contribution in [0.5, 0.6) is 0 Å². The lowest BCUT2D eigenvalue weighted by molar-refractivity contribution is 0.854. The van der Waals surface area contributed by atoms with E-state index in [0.29, 0.717) is 5.92 Å². The van der Waals surface area contributed by atoms with Gasteiger partial charge in [0.15, 0.2) is 5.82 Å². The van der Waals surface area contributed by atoms with E-state index in [1.54, 1.807) is 12.4 Å². The quantitative estimate of drug-likeness (QED) is 0.776. The summed E-state index contributed by atoms with van der Waals surface area (Å²) in [5.41, 5.74) is 5.08. The van der Waals surface area contributed by atoms with Crippen molar-refractivity contribution in [2.45, 2.75) is 33.6 Å². The average Bonchev–Trinajstić information content (AvgIpc) is 2.32. The predicted octanol–water partition coefficient (Wildman–Crippen LogP) is 3.88. The summed E-state index contributed by atoms with van der Waals surface area (Å²) in [4.78, 5) is 8.68. The second-order valence-corrected chi connectivity index (χ2v) is 4.75. The number of aryl methyl sites for hydroxylation is 1. The number of hydrogen-bond acceptors (Lipinski definition) is 2. The summed E-state index contributed by atoms with van der Waals surface area (Å²) in [6, 6.07) is 6.26. The number of rotatable bonds is 2. The van der Waals surface area contributed by atoms with Crippen molar-refractivity contribution >= 4 is 0 Å². The van der Waals surface area contributed by atoms with Crippen LogP contribution in [0.2, 0.25) is 0 Å². The van der Waals surface area contributed by atoms with Gasteiger partial charge in [-0.1, -0.05) is 25.5 Å². The minimum absolute atomic E-state index is 0.525. The number of aromatic nitrogens is 2. The smallest absolute Gasteiger partial charge is 0.159 e. The van der Waals surface area contributed by atoms with Gasteiger partial charge in [-0.15, -0.1) is 0 Å². The van der Waals surface area contributed by atoms with Gasteiger partial charge in [-0.2, -0.15) is 0 Å². The SMILES string of the molecule is Cc1cc(-c2ncccn2)c(C)c(C(C)C)c1. The monoisotopic (exact) mass is 226 g/mol. The van der Waals surface area contributed by atoms with Crippen LogP contribution in [0.15, 0.2) is 30.6 Å². The zero-order valence-electron chi connectivity index (χ0n) is 10.9. The van der Waals surface area contributed by atoms with E-state index in [2.05, 4.69) is 49.8 Å². The van der Waals surface area contributed by atoms with E-state index in [0.717, 1.165) is 11.4 Å². The molecule has 2 nitrogen and oxygen atoms in total. The van der Waals surface area contributed by atoms with Crippen molar-refractivity contribution in [2.75, 3.05) is 0 Å². The van der Waals surface area contributed by atoms with Crippen LogP contribution < -0.4 is 0 Å². The van der Waals surface area contributed by atoms with E-state index >= 15 is 0 Å². The summed E-state index contributed by atoms with van der Waals surface area (Å²) in [6.45, 7) is 8.72. The molecule has 1 heterocycles. The Morgan fingerprint density at radius 2 is 1.65 bits per heavy atom. The first-order valence-corrected chi connectivity index (χ1v) is 5.98. The molecule has 0 radical (unpaired) electrons. The Balaban J connectivity index is 2.63. The Morgan fingerprint density at radius 3 is 2.24 bits per heavy atom. The van der Waals surface area contributed by atoms with Gasteiger partial charge in [-0.25, -0.2) is 9.97 Å². The molecule has 0 atom stereocenters. The molecule has 0 aliphatic rings. The highest BCUT2D eigenvalue weighted by Gasteiger charge is 2.11. The average molecular weight is 226 g/mol. The summed E-state index contributed by atoms with van der Waals surface area (Å²) >= 11 is 0. The molecule has 0 amide bonds. The van der Waals surface area contributed by atoms with Crippen LogP contribution in [-0.2, 0) is 0 Å². The number of benzene rings is 1. The van der Waals surface area contributed by atoms with Crippen LogP contribution in [0.25, 0.3) is 11.4 Å². The molecule has 2 heteroatoms. The summed E-state index contributed by atoms with van der Waals surface area (Å²) in [5.74, 6) is 1.34. The largest absolute Gasteiger partial charge is 0.237 e. The fourth-order valence-corrected chi connectivity index (χ4v) is 2.16. The maximum atomic E-state index is 4.34. The second kappa shape index (κ2) is 4.66. The fourth-order valence-electron chi connectivity index (χ4n) is 2.16. The standard InChI is InChI=1S/C15H18N2/c1-10(2)13-8-11(3)9-14(12(13)4)15-16-6-5-7-17-15/h5-10H,1-4H3. The van der Waals surface area contributed by atoms with Crippen molar-refractivity contribution in [1.82, 2.24) is 9.97 Å². The molecule has 88 valence electrons. The minimum atomic E-state index is 0.525. The minimum Gasteiger partial charge on any atom is -0.237 e. The van der Waals surface area contributed by atoms with Crippen LogP contribution in [0.3, 0.4) is 0 Å². The first-order valence-electron chi connectivity index (χ1n) is 5.98. The van der Waals surface area contributed by atoms with Crippen LogP contribution in [0.1, 0.15) is 36.5 Å². The number of hydrogen-bond donors (Lipinski definition) is 0. The van der Waals surface area contributed by atoms with Gasteiger partial charge in [0.2, 0.25) is 0 Å². The van der Waals surface area contributed by atoms with Gasteiger partial charge in [0.1, 0.15) is 0 Å². The molecular formula is C15H18N2. The van der Waals surface area contributed by atoms with Crippen molar-refractivity contribution in [1.29, 1.82) is 0 Å². The van der Waals surface area contributed by atoms with Crippen molar-refractivity contribution in [3.63, 3.8) is 0 Å². The molecule has 0 fully saturated rings. The highest BCUT2D eigenvalue weighted by molar-refractivity contribution is 5.63. The fraction of sp³-hybridized carbons (Fsp3) is 0.333. The first kappa shape index (κ1) is 11.8. The van der Waals surface area contributed by atoms with E-state index in [4.69, 9.17) is 0 Å². The topological polar surface area (TPSA) is 25.8 Å². The van der Waals surface area contributed by atoms with Crippen molar-refractivity contribution < 1.29 is 0 Å². The third-order valence-electron chi connectivity index (χ3n) is 3.02. The second-order valence-electron chi connectivity index (χ2n) is 4.75. The molecule has 2 rings (SSSR count). The van der Waals surface area contributed by atoms with Crippen LogP contribution >= 0.6 is 0 Å². The number of nitrogens with zero attached hydrogens (tertiary/aromatic N) is 2. The van der Waals surface area contributed by atoms with Gasteiger partial charge in [0.25, 0.3) is 0 Å². The highest BCUT2D eigenvalue weighted by atomic mass is 14.9. The Morgan fingerprint density at radius 1 is 1.00 bits per heavy atom. The maximum Gasteiger partial charge on any atom is 0.159 e. The van der Waals surface area contributed by atoms with Gasteiger partial charge in [-0.3, -0.25) is 0 Å². The Labute approximate surface area is 103 Å². The molecule has 0 unspecified atom stereocenters. The predicted molar refractivity (Wildman–Crippen MR) is 71.0 cm³/mol. The lowest BCUT2D eigenvalue weighted by atomic mass is 9.92. The maximum absolute atomic E-state index is 4.34. The van der Waals surface area contributed by atoms with Crippen LogP contribution in [0.4, 0.5) is 0 Å². The first-order chi connectivity index (χ1) is 8.09. The summed E-state index contributed by atoms with van der Waals surface area (Å²) < 4.78 is 0. The van der Waals surface area contributed by atoms with Crippen molar-refractivity contribution in [2.24, 2.45) is 0 Å². The molecule has 17 heavy (non-hydrogen) atoms. The molecule has 0 saturated carbocycles. The molecule has 0 spiro atoms. The van der Waals surface area contributed by atoms with Crippen molar-refractivity contribution in [3.8, 4) is 11.4 Å². The van der Waals surface area contributed by atoms with Crippen molar-refractivity contribution in [3.05, 3.63) is 47.3 Å². The molecule has 0 aliphatic carbocycles. The summed E-state index contributed by atoms with van der Waals surface area (Å²) in [5, 5.41) is 0. The molecule has 2 aromatic rings. The van der Waals surface area contributed by atoms with E-state index < -0.39 is 0 Å². The Kier molecular flexibility index (Phi) is 3.23. The Bertz CT molecular complexity index is 516. The molecule has 0 saturated heterocycles. The van der Waals surface area contributed by atoms with E-state index in [1.807, 2.05) is 6.07 Å².